The van der Waals surface area contributed by atoms with Crippen LogP contribution in [0.15, 0.2) is 46.6 Å². The van der Waals surface area contributed by atoms with Gasteiger partial charge in [-0.15, -0.1) is 0 Å². The number of likely N-dealkylation sites (tertiary alicyclic amines) is 1. The molecule has 0 aliphatic carbocycles. The number of H-pyrrole nitrogens is 2. The number of carbonyl (C=O) groups is 1. The van der Waals surface area contributed by atoms with Crippen molar-refractivity contribution in [1.82, 2.24) is 24.8 Å². The monoisotopic (exact) mass is 383 g/mol. The van der Waals surface area contributed by atoms with E-state index in [4.69, 9.17) is 0 Å². The summed E-state index contributed by atoms with van der Waals surface area (Å²) in [5, 5.41) is 0.723. The second kappa shape index (κ2) is 7.56. The Morgan fingerprint density at radius 1 is 1.30 bits per heavy atom. The van der Waals surface area contributed by atoms with Crippen LogP contribution in [0.4, 0.5) is 0 Å². The van der Waals surface area contributed by atoms with Crippen LogP contribution in [0.1, 0.15) is 31.5 Å². The first-order valence-corrected chi connectivity index (χ1v) is 9.93. The molecule has 7 nitrogen and oxygen atoms in total. The summed E-state index contributed by atoms with van der Waals surface area (Å²) >= 11 is 1.30. The topological polar surface area (TPSA) is 94.7 Å². The molecule has 2 N–H and O–H groups in total. The lowest BCUT2D eigenvalue weighted by atomic mass is 9.96. The zero-order valence-corrected chi connectivity index (χ0v) is 15.8. The van der Waals surface area contributed by atoms with Gasteiger partial charge < -0.3 is 14.9 Å². The lowest BCUT2D eigenvalue weighted by Crippen LogP contribution is -2.42. The molecule has 1 saturated heterocycles. The Hall–Kier alpha value is -2.61. The normalized spacial score (nSPS) is 16.6. The number of thioether (sulfide) groups is 1. The van der Waals surface area contributed by atoms with Crippen molar-refractivity contribution in [2.24, 2.45) is 0 Å². The second-order valence-corrected chi connectivity index (χ2v) is 8.05. The average molecular weight is 383 g/mol. The number of nitrogens with one attached hydrogen (secondary N) is 2. The molecule has 2 aromatic heterocycles. The Morgan fingerprint density at radius 3 is 2.81 bits per heavy atom. The molecule has 27 heavy (non-hydrogen) atoms. The number of hydrogen-bond donors (Lipinski definition) is 2. The van der Waals surface area contributed by atoms with Crippen molar-refractivity contribution < 1.29 is 4.79 Å². The van der Waals surface area contributed by atoms with Crippen molar-refractivity contribution >= 4 is 28.6 Å². The fourth-order valence-corrected chi connectivity index (χ4v) is 4.36. The number of carbonyl (C=O) groups excluding carboxylic acids is 1. The summed E-state index contributed by atoms with van der Waals surface area (Å²) in [7, 11) is 0. The van der Waals surface area contributed by atoms with Crippen LogP contribution < -0.4 is 5.56 Å². The van der Waals surface area contributed by atoms with Crippen molar-refractivity contribution in [2.75, 3.05) is 13.1 Å². The molecule has 8 heteroatoms. The van der Waals surface area contributed by atoms with E-state index in [1.807, 2.05) is 30.2 Å². The summed E-state index contributed by atoms with van der Waals surface area (Å²) < 4.78 is 0. The van der Waals surface area contributed by atoms with Gasteiger partial charge in [0.1, 0.15) is 5.82 Å². The largest absolute Gasteiger partial charge is 0.348 e. The van der Waals surface area contributed by atoms with Crippen molar-refractivity contribution in [3.63, 3.8) is 0 Å². The van der Waals surface area contributed by atoms with Crippen LogP contribution in [0.2, 0.25) is 0 Å². The number of aromatic amines is 2. The van der Waals surface area contributed by atoms with Gasteiger partial charge in [-0.1, -0.05) is 23.9 Å². The first-order chi connectivity index (χ1) is 13.1. The molecule has 140 valence electrons. The van der Waals surface area contributed by atoms with E-state index >= 15 is 0 Å². The van der Waals surface area contributed by atoms with Crippen molar-refractivity contribution in [2.45, 2.75) is 36.1 Å². The molecule has 1 aromatic carbocycles. The smallest absolute Gasteiger partial charge is 0.259 e. The number of hydrogen-bond acceptors (Lipinski definition) is 5. The molecule has 0 saturated carbocycles. The highest BCUT2D eigenvalue weighted by Crippen LogP contribution is 2.28. The predicted octanol–water partition coefficient (Wildman–Crippen LogP) is 2.53. The molecule has 0 bridgehead atoms. The summed E-state index contributed by atoms with van der Waals surface area (Å²) in [5.41, 5.74) is 0.463. The van der Waals surface area contributed by atoms with Crippen molar-refractivity contribution in [3.8, 4) is 0 Å². The van der Waals surface area contributed by atoms with Gasteiger partial charge in [0.15, 0.2) is 5.16 Å². The Morgan fingerprint density at radius 2 is 2.07 bits per heavy atom. The molecule has 1 fully saturated rings. The lowest BCUT2D eigenvalue weighted by molar-refractivity contribution is -0.131. The van der Waals surface area contributed by atoms with Gasteiger partial charge >= 0.3 is 0 Å². The molecule has 1 aliphatic rings. The van der Waals surface area contributed by atoms with Crippen molar-refractivity contribution in [3.05, 3.63) is 52.8 Å². The fraction of sp³-hybridized carbons (Fsp3) is 0.368. The highest BCUT2D eigenvalue weighted by atomic mass is 32.2. The van der Waals surface area contributed by atoms with Crippen LogP contribution in [0, 0.1) is 0 Å². The maximum absolute atomic E-state index is 12.8. The van der Waals surface area contributed by atoms with E-state index in [9.17, 15) is 9.59 Å². The van der Waals surface area contributed by atoms with Crippen molar-refractivity contribution in [1.29, 1.82) is 0 Å². The van der Waals surface area contributed by atoms with E-state index in [-0.39, 0.29) is 16.7 Å². The first-order valence-electron chi connectivity index (χ1n) is 9.05. The molecule has 1 amide bonds. The SMILES string of the molecule is CC(Sc1nc2ccccc2c(=O)[nH]1)C(=O)N1CCC(c2ncc[nH]2)CC1. The third-order valence-corrected chi connectivity index (χ3v) is 5.91. The summed E-state index contributed by atoms with van der Waals surface area (Å²) in [6.07, 6.45) is 5.41. The standard InChI is InChI=1S/C19H21N5O2S/c1-12(27-19-22-15-5-3-2-4-14(15)17(25)23-19)18(26)24-10-6-13(7-11-24)16-20-8-9-21-16/h2-5,8-9,12-13H,6-7,10-11H2,1H3,(H,20,21)(H,22,23,25). The minimum absolute atomic E-state index is 0.0775. The Labute approximate surface area is 160 Å². The number of piperidine rings is 1. The van der Waals surface area contributed by atoms with Gasteiger partial charge in [-0.2, -0.15) is 0 Å². The molecular formula is C19H21N5O2S. The van der Waals surface area contributed by atoms with Crippen LogP contribution in [-0.4, -0.2) is 49.1 Å². The first kappa shape index (κ1) is 17.8. The third-order valence-electron chi connectivity index (χ3n) is 4.94. The third kappa shape index (κ3) is 3.75. The van der Waals surface area contributed by atoms with Crippen LogP contribution in [-0.2, 0) is 4.79 Å². The number of amides is 1. The summed E-state index contributed by atoms with van der Waals surface area (Å²) in [5.74, 6) is 1.46. The second-order valence-electron chi connectivity index (χ2n) is 6.72. The Bertz CT molecular complexity index is 993. The van der Waals surface area contributed by atoms with Crippen LogP contribution in [0.5, 0.6) is 0 Å². The van der Waals surface area contributed by atoms with E-state index in [0.29, 0.717) is 22.0 Å². The van der Waals surface area contributed by atoms with E-state index in [0.717, 1.165) is 31.8 Å². The Kier molecular flexibility index (Phi) is 4.98. The van der Waals surface area contributed by atoms with Gasteiger partial charge in [-0.25, -0.2) is 9.97 Å². The van der Waals surface area contributed by atoms with Crippen LogP contribution >= 0.6 is 11.8 Å². The van der Waals surface area contributed by atoms with Gasteiger partial charge in [0, 0.05) is 31.4 Å². The number of fused-ring (bicyclic) bond motifs is 1. The molecule has 1 aliphatic heterocycles. The highest BCUT2D eigenvalue weighted by Gasteiger charge is 2.28. The fourth-order valence-electron chi connectivity index (χ4n) is 3.47. The average Bonchev–Trinajstić information content (AvgIpc) is 3.22. The summed E-state index contributed by atoms with van der Waals surface area (Å²) in [6, 6.07) is 7.21. The minimum atomic E-state index is -0.311. The molecule has 3 heterocycles. The Balaban J connectivity index is 1.40. The summed E-state index contributed by atoms with van der Waals surface area (Å²) in [6.45, 7) is 3.30. The van der Waals surface area contributed by atoms with Crippen LogP contribution in [0.25, 0.3) is 10.9 Å². The number of benzene rings is 1. The van der Waals surface area contributed by atoms with E-state index in [2.05, 4.69) is 19.9 Å². The zero-order valence-electron chi connectivity index (χ0n) is 15.0. The number of para-hydroxylation sites is 1. The number of aromatic nitrogens is 4. The van der Waals surface area contributed by atoms with Gasteiger partial charge in [-0.05, 0) is 31.9 Å². The molecular weight excluding hydrogens is 362 g/mol. The van der Waals surface area contributed by atoms with E-state index in [1.165, 1.54) is 11.8 Å². The van der Waals surface area contributed by atoms with Gasteiger partial charge in [0.2, 0.25) is 5.91 Å². The molecule has 0 spiro atoms. The minimum Gasteiger partial charge on any atom is -0.348 e. The molecule has 3 aromatic rings. The predicted molar refractivity (Wildman–Crippen MR) is 105 cm³/mol. The maximum atomic E-state index is 12.8. The lowest BCUT2D eigenvalue weighted by Gasteiger charge is -2.32. The molecule has 0 radical (unpaired) electrons. The number of nitrogens with zero attached hydrogens (tertiary/aromatic N) is 3. The molecule has 1 unspecified atom stereocenters. The van der Waals surface area contributed by atoms with E-state index < -0.39 is 0 Å². The highest BCUT2D eigenvalue weighted by molar-refractivity contribution is 8.00. The van der Waals surface area contributed by atoms with Gasteiger partial charge in [0.05, 0.1) is 16.2 Å². The molecule has 4 rings (SSSR count). The van der Waals surface area contributed by atoms with Gasteiger partial charge in [-0.3, -0.25) is 9.59 Å². The van der Waals surface area contributed by atoms with E-state index in [1.54, 1.807) is 18.3 Å². The molecule has 1 atom stereocenters. The van der Waals surface area contributed by atoms with Crippen LogP contribution in [0.3, 0.4) is 0 Å². The quantitative estimate of drug-likeness (QED) is 0.533. The number of imidazole rings is 1. The number of rotatable bonds is 4. The van der Waals surface area contributed by atoms with Gasteiger partial charge in [0.25, 0.3) is 5.56 Å². The zero-order chi connectivity index (χ0) is 18.8. The summed E-state index contributed by atoms with van der Waals surface area (Å²) in [4.78, 5) is 41.6. The maximum Gasteiger partial charge on any atom is 0.259 e.